The van der Waals surface area contributed by atoms with Gasteiger partial charge in [0.05, 0.1) is 10.6 Å². The molecular weight excluding hydrogens is 518 g/mol. The molecule has 6 nitrogen and oxygen atoms in total. The van der Waals surface area contributed by atoms with Crippen LogP contribution in [0.1, 0.15) is 33.5 Å². The number of para-hydroxylation sites is 1. The number of carbonyl (C=O) groups is 1. The topological polar surface area (TPSA) is 78.5 Å². The zero-order chi connectivity index (χ0) is 26.7. The molecular formula is C30H28ClN3O3S. The fourth-order valence-corrected chi connectivity index (χ4v) is 5.88. The van der Waals surface area contributed by atoms with E-state index >= 15 is 0 Å². The first-order chi connectivity index (χ1) is 18.3. The number of rotatable bonds is 7. The van der Waals surface area contributed by atoms with Gasteiger partial charge in [-0.1, -0.05) is 48.0 Å². The van der Waals surface area contributed by atoms with Crippen LogP contribution in [0.2, 0.25) is 5.02 Å². The van der Waals surface area contributed by atoms with E-state index in [1.807, 2.05) is 24.3 Å². The van der Waals surface area contributed by atoms with Gasteiger partial charge in [-0.3, -0.25) is 9.52 Å². The maximum absolute atomic E-state index is 12.8. The highest BCUT2D eigenvalue weighted by atomic mass is 35.5. The Kier molecular flexibility index (Phi) is 7.40. The zero-order valence-electron chi connectivity index (χ0n) is 20.9. The van der Waals surface area contributed by atoms with Crippen molar-refractivity contribution in [2.24, 2.45) is 0 Å². The van der Waals surface area contributed by atoms with Crippen molar-refractivity contribution in [3.63, 3.8) is 0 Å². The third kappa shape index (κ3) is 5.85. The van der Waals surface area contributed by atoms with Crippen LogP contribution in [0.25, 0.3) is 0 Å². The van der Waals surface area contributed by atoms with Crippen LogP contribution in [0, 0.1) is 6.92 Å². The fraction of sp³-hybridized carbons (Fsp3) is 0.167. The molecule has 2 N–H and O–H groups in total. The third-order valence-electron chi connectivity index (χ3n) is 6.66. The van der Waals surface area contributed by atoms with E-state index in [1.54, 1.807) is 37.3 Å². The van der Waals surface area contributed by atoms with Gasteiger partial charge in [0.15, 0.2) is 0 Å². The predicted octanol–water partition coefficient (Wildman–Crippen LogP) is 6.65. The molecule has 4 aromatic carbocycles. The zero-order valence-corrected chi connectivity index (χ0v) is 22.5. The number of amides is 1. The molecule has 8 heteroatoms. The van der Waals surface area contributed by atoms with Crippen LogP contribution in [-0.4, -0.2) is 20.9 Å². The van der Waals surface area contributed by atoms with Crippen LogP contribution in [-0.2, 0) is 23.0 Å². The Labute approximate surface area is 228 Å². The van der Waals surface area contributed by atoms with Gasteiger partial charge in [-0.25, -0.2) is 8.42 Å². The monoisotopic (exact) mass is 545 g/mol. The van der Waals surface area contributed by atoms with E-state index in [-0.39, 0.29) is 10.8 Å². The van der Waals surface area contributed by atoms with E-state index in [2.05, 4.69) is 39.2 Å². The highest BCUT2D eigenvalue weighted by molar-refractivity contribution is 7.92. The molecule has 5 rings (SSSR count). The maximum atomic E-state index is 12.8. The van der Waals surface area contributed by atoms with Crippen LogP contribution < -0.4 is 14.9 Å². The van der Waals surface area contributed by atoms with Crippen LogP contribution >= 0.6 is 11.6 Å². The molecule has 0 aromatic heterocycles. The fourth-order valence-electron chi connectivity index (χ4n) is 4.59. The number of nitrogens with zero attached hydrogens (tertiary/aromatic N) is 1. The Morgan fingerprint density at radius 2 is 1.68 bits per heavy atom. The quantitative estimate of drug-likeness (QED) is 0.272. The molecule has 38 heavy (non-hydrogen) atoms. The van der Waals surface area contributed by atoms with Gasteiger partial charge in [0.1, 0.15) is 0 Å². The lowest BCUT2D eigenvalue weighted by Crippen LogP contribution is -2.28. The van der Waals surface area contributed by atoms with Gasteiger partial charge in [-0.2, -0.15) is 0 Å². The first kappa shape index (κ1) is 25.8. The molecule has 1 amide bonds. The summed E-state index contributed by atoms with van der Waals surface area (Å²) >= 11 is 6.01. The molecule has 0 fully saturated rings. The van der Waals surface area contributed by atoms with Crippen molar-refractivity contribution in [3.8, 4) is 0 Å². The van der Waals surface area contributed by atoms with Crippen molar-refractivity contribution in [1.82, 2.24) is 0 Å². The number of sulfonamides is 1. The van der Waals surface area contributed by atoms with Crippen molar-refractivity contribution in [3.05, 3.63) is 118 Å². The van der Waals surface area contributed by atoms with Gasteiger partial charge in [0.2, 0.25) is 0 Å². The average molecular weight is 546 g/mol. The molecule has 1 heterocycles. The first-order valence-electron chi connectivity index (χ1n) is 12.4. The minimum absolute atomic E-state index is 0.0820. The van der Waals surface area contributed by atoms with E-state index in [0.717, 1.165) is 37.1 Å². The van der Waals surface area contributed by atoms with Crippen molar-refractivity contribution in [2.75, 3.05) is 21.5 Å². The molecule has 0 saturated carbocycles. The summed E-state index contributed by atoms with van der Waals surface area (Å²) in [5.41, 5.74) is 6.00. The number of hydrogen-bond acceptors (Lipinski definition) is 4. The van der Waals surface area contributed by atoms with Crippen LogP contribution in [0.15, 0.2) is 95.9 Å². The molecule has 1 aliphatic heterocycles. The number of hydrogen-bond donors (Lipinski definition) is 2. The highest BCUT2D eigenvalue weighted by Crippen LogP contribution is 2.28. The number of fused-ring (bicyclic) bond motifs is 1. The number of carbonyl (C=O) groups excluding carboxylic acids is 1. The van der Waals surface area contributed by atoms with Crippen molar-refractivity contribution in [2.45, 2.75) is 31.2 Å². The van der Waals surface area contributed by atoms with Crippen molar-refractivity contribution < 1.29 is 13.2 Å². The summed E-state index contributed by atoms with van der Waals surface area (Å²) in [6, 6.07) is 27.2. The van der Waals surface area contributed by atoms with E-state index < -0.39 is 10.0 Å². The minimum atomic E-state index is -3.81. The van der Waals surface area contributed by atoms with E-state index in [1.165, 1.54) is 23.4 Å². The second kappa shape index (κ2) is 10.9. The summed E-state index contributed by atoms with van der Waals surface area (Å²) < 4.78 is 28.2. The second-order valence-electron chi connectivity index (χ2n) is 9.39. The van der Waals surface area contributed by atoms with Gasteiger partial charge in [0, 0.05) is 35.1 Å². The lowest BCUT2D eigenvalue weighted by molar-refractivity contribution is 0.102. The van der Waals surface area contributed by atoms with E-state index in [4.69, 9.17) is 11.6 Å². The minimum Gasteiger partial charge on any atom is -0.367 e. The van der Waals surface area contributed by atoms with Crippen molar-refractivity contribution >= 4 is 44.6 Å². The van der Waals surface area contributed by atoms with E-state index in [0.29, 0.717) is 22.0 Å². The molecule has 1 aliphatic rings. The largest absolute Gasteiger partial charge is 0.367 e. The molecule has 4 aromatic rings. The molecule has 194 valence electrons. The Hall–Kier alpha value is -3.81. The molecule has 0 saturated heterocycles. The number of aryl methyl sites for hydroxylation is 2. The lowest BCUT2D eigenvalue weighted by atomic mass is 10.0. The summed E-state index contributed by atoms with van der Waals surface area (Å²) in [7, 11) is -3.81. The van der Waals surface area contributed by atoms with Gasteiger partial charge in [0.25, 0.3) is 15.9 Å². The molecule has 0 atom stereocenters. The van der Waals surface area contributed by atoms with Crippen LogP contribution in [0.5, 0.6) is 0 Å². The molecule has 0 aliphatic carbocycles. The molecule has 0 radical (unpaired) electrons. The number of benzene rings is 4. The Morgan fingerprint density at radius 1 is 0.947 bits per heavy atom. The van der Waals surface area contributed by atoms with Gasteiger partial charge in [-0.05, 0) is 91.1 Å². The lowest BCUT2D eigenvalue weighted by Gasteiger charge is -2.31. The highest BCUT2D eigenvalue weighted by Gasteiger charge is 2.18. The Morgan fingerprint density at radius 3 is 2.45 bits per heavy atom. The third-order valence-corrected chi connectivity index (χ3v) is 8.28. The summed E-state index contributed by atoms with van der Waals surface area (Å²) in [6.07, 6.45) is 2.24. The SMILES string of the molecule is Cc1ccc(Cl)cc1NS(=O)(=O)c1ccc(NC(=O)c2ccc(CN3CCCc4ccccc43)cc2)cc1. The Bertz CT molecular complexity index is 1570. The van der Waals surface area contributed by atoms with Gasteiger partial charge >= 0.3 is 0 Å². The summed E-state index contributed by atoms with van der Waals surface area (Å²) in [6.45, 7) is 3.60. The maximum Gasteiger partial charge on any atom is 0.261 e. The first-order valence-corrected chi connectivity index (χ1v) is 14.3. The standard InChI is InChI=1S/C30H28ClN3O3S/c1-21-8-13-25(31)19-28(21)33-38(36,37)27-16-14-26(15-17-27)32-30(35)24-11-9-22(10-12-24)20-34-18-4-6-23-5-2-3-7-29(23)34/h2-3,5,7-17,19,33H,4,6,18,20H2,1H3,(H,32,35). The van der Waals surface area contributed by atoms with Gasteiger partial charge < -0.3 is 10.2 Å². The predicted molar refractivity (Wildman–Crippen MR) is 154 cm³/mol. The van der Waals surface area contributed by atoms with Crippen LogP contribution in [0.4, 0.5) is 17.1 Å². The van der Waals surface area contributed by atoms with Gasteiger partial charge in [-0.15, -0.1) is 0 Å². The van der Waals surface area contributed by atoms with Crippen molar-refractivity contribution in [1.29, 1.82) is 0 Å². The second-order valence-corrected chi connectivity index (χ2v) is 11.5. The summed E-state index contributed by atoms with van der Waals surface area (Å²) in [5.74, 6) is -0.261. The van der Waals surface area contributed by atoms with E-state index in [9.17, 15) is 13.2 Å². The summed E-state index contributed by atoms with van der Waals surface area (Å²) in [4.78, 5) is 15.3. The molecule has 0 bridgehead atoms. The molecule has 0 unspecified atom stereocenters. The molecule has 0 spiro atoms. The summed E-state index contributed by atoms with van der Waals surface area (Å²) in [5, 5.41) is 3.28. The smallest absolute Gasteiger partial charge is 0.261 e. The number of anilines is 3. The number of nitrogens with one attached hydrogen (secondary N) is 2. The average Bonchev–Trinajstić information content (AvgIpc) is 2.91. The van der Waals surface area contributed by atoms with Crippen LogP contribution in [0.3, 0.4) is 0 Å². The Balaban J connectivity index is 1.22. The number of halogens is 1. The normalized spacial score (nSPS) is 13.1.